The minimum atomic E-state index is -4.62. The van der Waals surface area contributed by atoms with E-state index in [4.69, 9.17) is 17.3 Å². The second-order valence-electron chi connectivity index (χ2n) is 7.24. The molecule has 1 aromatic heterocycles. The zero-order valence-corrected chi connectivity index (χ0v) is 18.2. The van der Waals surface area contributed by atoms with Gasteiger partial charge in [-0.05, 0) is 35.9 Å². The molecule has 2 aromatic carbocycles. The van der Waals surface area contributed by atoms with Gasteiger partial charge < -0.3 is 21.5 Å². The lowest BCUT2D eigenvalue weighted by atomic mass is 10.0. The molecule has 0 aliphatic carbocycles. The average molecular weight is 515 g/mol. The van der Waals surface area contributed by atoms with Crippen LogP contribution in [0.2, 0.25) is 5.02 Å². The van der Waals surface area contributed by atoms with E-state index in [0.717, 1.165) is 12.1 Å². The number of alkyl halides is 3. The smallest absolute Gasteiger partial charge is 0.383 e. The molecule has 0 spiro atoms. The molecule has 3 aromatic rings. The highest BCUT2D eigenvalue weighted by Gasteiger charge is 2.28. The summed E-state index contributed by atoms with van der Waals surface area (Å²) in [5, 5.41) is 14.2. The van der Waals surface area contributed by atoms with Crippen molar-refractivity contribution < 1.29 is 36.6 Å². The number of carbonyl (C=O) groups is 2. The Bertz CT molecular complexity index is 1270. The van der Waals surface area contributed by atoms with E-state index >= 15 is 0 Å². The van der Waals surface area contributed by atoms with E-state index in [2.05, 4.69) is 10.3 Å². The second kappa shape index (κ2) is 10.2. The Morgan fingerprint density at radius 3 is 2.34 bits per heavy atom. The molecule has 5 N–H and O–H groups in total. The Hall–Kier alpha value is -3.77. The Balaban J connectivity index is 1.79. The number of benzene rings is 2. The molecule has 0 aliphatic rings. The molecular weight excluding hydrogens is 499 g/mol. The Labute approximate surface area is 199 Å². The highest BCUT2D eigenvalue weighted by Crippen LogP contribution is 2.32. The van der Waals surface area contributed by atoms with Crippen molar-refractivity contribution in [3.05, 3.63) is 76.4 Å². The van der Waals surface area contributed by atoms with Crippen molar-refractivity contribution in [2.75, 3.05) is 17.6 Å². The number of aliphatic hydroxyl groups is 1. The maximum atomic E-state index is 13.3. The summed E-state index contributed by atoms with van der Waals surface area (Å²) >= 11 is 6.26. The lowest BCUT2D eigenvalue weighted by Gasteiger charge is -2.14. The van der Waals surface area contributed by atoms with Gasteiger partial charge in [0, 0.05) is 29.1 Å². The summed E-state index contributed by atoms with van der Waals surface area (Å²) in [6.07, 6.45) is -5.25. The van der Waals surface area contributed by atoms with Gasteiger partial charge in [-0.25, -0.2) is 13.8 Å². The van der Waals surface area contributed by atoms with Crippen LogP contribution in [0.15, 0.2) is 48.7 Å². The molecule has 1 atom stereocenters. The van der Waals surface area contributed by atoms with E-state index in [1.165, 1.54) is 30.5 Å². The summed E-state index contributed by atoms with van der Waals surface area (Å²) < 4.78 is 63.8. The van der Waals surface area contributed by atoms with Crippen LogP contribution in [-0.2, 0) is 4.79 Å². The van der Waals surface area contributed by atoms with Crippen molar-refractivity contribution in [3.63, 3.8) is 0 Å². The summed E-state index contributed by atoms with van der Waals surface area (Å²) in [7, 11) is 0. The molecule has 0 unspecified atom stereocenters. The number of aromatic nitrogens is 1. The number of nitrogens with zero attached hydrogens (tertiary/aromatic N) is 1. The summed E-state index contributed by atoms with van der Waals surface area (Å²) in [6, 6.07) is 7.47. The Morgan fingerprint density at radius 1 is 1.09 bits per heavy atom. The molecular formula is C22H16ClF5N4O3. The number of anilines is 2. The number of nitrogens with one attached hydrogen (secondary N) is 2. The molecule has 0 aliphatic heterocycles. The molecule has 184 valence electrons. The van der Waals surface area contributed by atoms with Gasteiger partial charge in [-0.2, -0.15) is 13.2 Å². The van der Waals surface area contributed by atoms with Gasteiger partial charge in [0.15, 0.2) is 6.10 Å². The largest absolute Gasteiger partial charge is 0.405 e. The summed E-state index contributed by atoms with van der Waals surface area (Å²) in [5.74, 6) is -4.31. The molecule has 0 fully saturated rings. The maximum absolute atomic E-state index is 13.3. The van der Waals surface area contributed by atoms with Gasteiger partial charge in [-0.3, -0.25) is 9.59 Å². The van der Waals surface area contributed by atoms with Gasteiger partial charge in [0.2, 0.25) is 0 Å². The van der Waals surface area contributed by atoms with E-state index < -0.39 is 42.3 Å². The highest BCUT2D eigenvalue weighted by atomic mass is 35.5. The summed E-state index contributed by atoms with van der Waals surface area (Å²) in [4.78, 5) is 28.2. The molecule has 1 heterocycles. The zero-order valence-electron chi connectivity index (χ0n) is 17.5. The van der Waals surface area contributed by atoms with Gasteiger partial charge in [0.25, 0.3) is 11.8 Å². The van der Waals surface area contributed by atoms with Gasteiger partial charge in [-0.15, -0.1) is 0 Å². The average Bonchev–Trinajstić information content (AvgIpc) is 2.76. The highest BCUT2D eigenvalue weighted by molar-refractivity contribution is 6.33. The maximum Gasteiger partial charge on any atom is 0.405 e. The lowest BCUT2D eigenvalue weighted by molar-refractivity contribution is -0.124. The zero-order chi connectivity index (χ0) is 25.9. The van der Waals surface area contributed by atoms with E-state index in [1.807, 2.05) is 0 Å². The molecule has 0 radical (unpaired) electrons. The standard InChI is InChI=1S/C22H16ClF5N4O3/c23-17-7-14(32-21(35)18(33)10-3-12(24)6-13(25)4-10)1-2-15(17)11-5-16(19(29)30-8-11)20(34)31-9-22(26,27)28/h1-8,18,33H,9H2,(H2,29,30)(H,31,34)(H,32,35)/t18-/m0/s1. The third kappa shape index (κ3) is 6.64. The summed E-state index contributed by atoms with van der Waals surface area (Å²) in [5.41, 5.74) is 5.68. The molecule has 7 nitrogen and oxygen atoms in total. The molecule has 13 heteroatoms. The molecule has 0 bridgehead atoms. The fraction of sp³-hybridized carbons (Fsp3) is 0.136. The third-order valence-corrected chi connectivity index (χ3v) is 4.92. The number of halogens is 6. The first-order valence-corrected chi connectivity index (χ1v) is 10.1. The third-order valence-electron chi connectivity index (χ3n) is 4.61. The molecule has 35 heavy (non-hydrogen) atoms. The first-order valence-electron chi connectivity index (χ1n) is 9.69. The van der Waals surface area contributed by atoms with E-state index in [-0.39, 0.29) is 33.2 Å². The van der Waals surface area contributed by atoms with Crippen molar-refractivity contribution >= 4 is 34.9 Å². The summed E-state index contributed by atoms with van der Waals surface area (Å²) in [6.45, 7) is -1.56. The number of hydrogen-bond acceptors (Lipinski definition) is 5. The van der Waals surface area contributed by atoms with Crippen LogP contribution in [-0.4, -0.2) is 34.6 Å². The number of pyridine rings is 1. The lowest BCUT2D eigenvalue weighted by Crippen LogP contribution is -2.34. The molecule has 0 saturated carbocycles. The van der Waals surface area contributed by atoms with Gasteiger partial charge in [0.1, 0.15) is 24.0 Å². The van der Waals surface area contributed by atoms with E-state index in [1.54, 1.807) is 5.32 Å². The topological polar surface area (TPSA) is 117 Å². The van der Waals surface area contributed by atoms with Crippen LogP contribution in [0.5, 0.6) is 0 Å². The van der Waals surface area contributed by atoms with Crippen LogP contribution in [0, 0.1) is 11.6 Å². The van der Waals surface area contributed by atoms with Crippen LogP contribution in [0.1, 0.15) is 22.0 Å². The first kappa shape index (κ1) is 25.8. The minimum Gasteiger partial charge on any atom is -0.383 e. The predicted molar refractivity (Wildman–Crippen MR) is 117 cm³/mol. The molecule has 3 rings (SSSR count). The first-order chi connectivity index (χ1) is 16.3. The van der Waals surface area contributed by atoms with Crippen LogP contribution < -0.4 is 16.4 Å². The SMILES string of the molecule is Nc1ncc(-c2ccc(NC(=O)[C@@H](O)c3cc(F)cc(F)c3)cc2Cl)cc1C(=O)NCC(F)(F)F. The fourth-order valence-corrected chi connectivity index (χ4v) is 3.29. The van der Waals surface area contributed by atoms with Crippen molar-refractivity contribution in [1.29, 1.82) is 0 Å². The second-order valence-corrected chi connectivity index (χ2v) is 7.65. The van der Waals surface area contributed by atoms with Gasteiger partial charge in [-0.1, -0.05) is 17.7 Å². The van der Waals surface area contributed by atoms with Crippen LogP contribution in [0.25, 0.3) is 11.1 Å². The number of aliphatic hydroxyl groups excluding tert-OH is 1. The Kier molecular flexibility index (Phi) is 7.56. The van der Waals surface area contributed by atoms with Crippen LogP contribution in [0.3, 0.4) is 0 Å². The predicted octanol–water partition coefficient (Wildman–Crippen LogP) is 4.23. The number of amides is 2. The number of hydrogen-bond donors (Lipinski definition) is 4. The number of nitrogen functional groups attached to an aromatic ring is 1. The molecule has 0 saturated heterocycles. The molecule has 2 amide bonds. The monoisotopic (exact) mass is 514 g/mol. The number of rotatable bonds is 6. The van der Waals surface area contributed by atoms with Gasteiger partial charge in [0.05, 0.1) is 10.6 Å². The van der Waals surface area contributed by atoms with Crippen molar-refractivity contribution in [1.82, 2.24) is 10.3 Å². The Morgan fingerprint density at radius 2 is 1.74 bits per heavy atom. The number of nitrogens with two attached hydrogens (primary N) is 1. The van der Waals surface area contributed by atoms with Crippen molar-refractivity contribution in [3.8, 4) is 11.1 Å². The van der Waals surface area contributed by atoms with E-state index in [0.29, 0.717) is 11.6 Å². The normalized spacial score (nSPS) is 12.2. The van der Waals surface area contributed by atoms with E-state index in [9.17, 15) is 36.6 Å². The minimum absolute atomic E-state index is 0.0438. The van der Waals surface area contributed by atoms with Crippen LogP contribution >= 0.6 is 11.6 Å². The van der Waals surface area contributed by atoms with Crippen molar-refractivity contribution in [2.24, 2.45) is 0 Å². The quantitative estimate of drug-likeness (QED) is 0.367. The number of carbonyl (C=O) groups excluding carboxylic acids is 2. The van der Waals surface area contributed by atoms with Crippen molar-refractivity contribution in [2.45, 2.75) is 12.3 Å². The fourth-order valence-electron chi connectivity index (χ4n) is 3.00. The van der Waals surface area contributed by atoms with Gasteiger partial charge >= 0.3 is 6.18 Å². The van der Waals surface area contributed by atoms with Crippen LogP contribution in [0.4, 0.5) is 33.5 Å².